The van der Waals surface area contributed by atoms with Gasteiger partial charge in [0.15, 0.2) is 0 Å². The molecule has 1 saturated heterocycles. The molecular weight excluding hydrogens is 599 g/mol. The van der Waals surface area contributed by atoms with Crippen LogP contribution in [0.3, 0.4) is 0 Å². The fourth-order valence-corrected chi connectivity index (χ4v) is 3.50. The average Bonchev–Trinajstić information content (AvgIpc) is 2.63. The van der Waals surface area contributed by atoms with Gasteiger partial charge < -0.3 is 10.6 Å². The topological polar surface area (TPSA) is 28.2 Å². The third kappa shape index (κ3) is 7.02. The van der Waals surface area contributed by atoms with Gasteiger partial charge in [-0.2, -0.15) is 6.20 Å². The molecule has 2 fully saturated rings. The van der Waals surface area contributed by atoms with Crippen molar-refractivity contribution in [1.82, 2.24) is 0 Å². The molecule has 5 heteroatoms. The second-order valence-corrected chi connectivity index (χ2v) is 16.0. The molecule has 0 aromatic heterocycles. The molecule has 2 aliphatic heterocycles. The molecular formula is C18H24Br2N2Pt. The average molecular weight is 623 g/mol. The van der Waals surface area contributed by atoms with Gasteiger partial charge >= 0.3 is 41.0 Å². The summed E-state index contributed by atoms with van der Waals surface area (Å²) in [6.07, 6.45) is 21.8. The minimum atomic E-state index is 0.208. The third-order valence-electron chi connectivity index (χ3n) is 4.62. The van der Waals surface area contributed by atoms with E-state index in [1.54, 1.807) is 0 Å². The molecule has 0 N–H and O–H groups in total. The second kappa shape index (κ2) is 11.8. The Bertz CT molecular complexity index is 418. The number of hydrogen-bond donors (Lipinski definition) is 0. The van der Waals surface area contributed by atoms with E-state index in [1.165, 1.54) is 44.1 Å². The number of fused-ring (bicyclic) bond motifs is 2. The molecule has 0 bridgehead atoms. The molecule has 0 spiro atoms. The molecule has 0 amide bonds. The summed E-state index contributed by atoms with van der Waals surface area (Å²) in [6, 6.07) is 0.780. The van der Waals surface area contributed by atoms with Crippen molar-refractivity contribution in [1.29, 1.82) is 0 Å². The van der Waals surface area contributed by atoms with Crippen LogP contribution < -0.4 is 0 Å². The molecule has 4 aliphatic rings. The maximum absolute atomic E-state index is 4.65. The van der Waals surface area contributed by atoms with Crippen molar-refractivity contribution in [2.75, 3.05) is 6.54 Å². The van der Waals surface area contributed by atoms with Crippen molar-refractivity contribution in [3.8, 4) is 0 Å². The number of halogens is 2. The van der Waals surface area contributed by atoms with Gasteiger partial charge in [-0.15, -0.1) is 18.3 Å². The number of piperidine rings is 1. The molecule has 2 aliphatic carbocycles. The number of nitrogens with zero attached hydrogens (tertiary/aromatic N) is 2. The number of rotatable bonds is 0. The van der Waals surface area contributed by atoms with Crippen LogP contribution in [0.4, 0.5) is 0 Å². The Hall–Kier alpha value is 0.368. The summed E-state index contributed by atoms with van der Waals surface area (Å²) >= 11 is 6.56. The van der Waals surface area contributed by atoms with Gasteiger partial charge in [-0.25, -0.2) is 0 Å². The molecule has 0 aromatic carbocycles. The molecule has 2 heterocycles. The molecule has 4 rings (SSSR count). The molecule has 2 unspecified atom stereocenters. The molecule has 1 saturated carbocycles. The van der Waals surface area contributed by atoms with Crippen LogP contribution in [0.15, 0.2) is 47.9 Å². The summed E-state index contributed by atoms with van der Waals surface area (Å²) < 4.78 is 0. The summed E-state index contributed by atoms with van der Waals surface area (Å²) in [7, 11) is 0. The number of allylic oxidation sites excluding steroid dienone is 6. The first kappa shape index (κ1) is 19.7. The Morgan fingerprint density at radius 1 is 1.00 bits per heavy atom. The van der Waals surface area contributed by atoms with E-state index in [-0.39, 0.29) is 14.5 Å². The molecule has 0 aromatic rings. The van der Waals surface area contributed by atoms with E-state index in [4.69, 9.17) is 0 Å². The Balaban J connectivity index is 0.000000143. The maximum atomic E-state index is 4.65. The Morgan fingerprint density at radius 3 is 2.57 bits per heavy atom. The Kier molecular flexibility index (Phi) is 10.1. The van der Waals surface area contributed by atoms with Gasteiger partial charge in [-0.1, -0.05) is 80.4 Å². The van der Waals surface area contributed by atoms with Crippen LogP contribution in [0.2, 0.25) is 0 Å². The first-order valence-electron chi connectivity index (χ1n) is 8.28. The fraction of sp³-hybridized carbons (Fsp3) is 0.556. The van der Waals surface area contributed by atoms with Crippen LogP contribution >= 0.6 is 26.6 Å². The van der Waals surface area contributed by atoms with E-state index in [9.17, 15) is 0 Å². The molecule has 23 heavy (non-hydrogen) atoms. The normalized spacial score (nSPS) is 27.7. The quantitative estimate of drug-likeness (QED) is 0.277. The minimum absolute atomic E-state index is 0.208. The SMILES string of the molecule is C1=CCC2=CC=C[N-]C2=C1.C1CCC2[N-]CCCC2C1.[Br][Pt+2][Br]. The van der Waals surface area contributed by atoms with E-state index >= 15 is 0 Å². The van der Waals surface area contributed by atoms with Gasteiger partial charge in [-0.05, 0) is 6.42 Å². The third-order valence-corrected chi connectivity index (χ3v) is 4.62. The standard InChI is InChI=1S/C9H16N.C9H8N.2BrH.Pt/c2*1-2-6-9-8(4-1)5-3-7-10-9;;;/h8-9H,1-7H2;1-3,5-7H,4H2;2*1H;/q2*-1;;;+4/p-2. The number of hydrogen-bond acceptors (Lipinski definition) is 0. The Morgan fingerprint density at radius 2 is 1.78 bits per heavy atom. The first-order chi connectivity index (χ1) is 11.3. The van der Waals surface area contributed by atoms with Crippen molar-refractivity contribution in [3.05, 3.63) is 58.5 Å². The van der Waals surface area contributed by atoms with Crippen LogP contribution in [-0.4, -0.2) is 12.6 Å². The van der Waals surface area contributed by atoms with Crippen molar-refractivity contribution >= 4 is 26.6 Å². The van der Waals surface area contributed by atoms with E-state index in [2.05, 4.69) is 55.5 Å². The second-order valence-electron chi connectivity index (χ2n) is 6.05. The van der Waals surface area contributed by atoms with Gasteiger partial charge in [0.05, 0.1) is 0 Å². The van der Waals surface area contributed by atoms with E-state index in [1.807, 2.05) is 18.4 Å². The van der Waals surface area contributed by atoms with Gasteiger partial charge in [0.25, 0.3) is 0 Å². The summed E-state index contributed by atoms with van der Waals surface area (Å²) in [5, 5.41) is 8.86. The zero-order valence-corrected chi connectivity index (χ0v) is 18.7. The summed E-state index contributed by atoms with van der Waals surface area (Å²) in [5.41, 5.74) is 2.44. The molecule has 0 radical (unpaired) electrons. The predicted octanol–water partition coefficient (Wildman–Crippen LogP) is 7.06. The van der Waals surface area contributed by atoms with Crippen molar-refractivity contribution in [2.45, 2.75) is 51.0 Å². The zero-order chi connectivity index (χ0) is 16.3. The van der Waals surface area contributed by atoms with Gasteiger partial charge in [0.2, 0.25) is 0 Å². The molecule has 130 valence electrons. The summed E-state index contributed by atoms with van der Waals surface area (Å²) in [5.74, 6) is 0.988. The predicted molar refractivity (Wildman–Crippen MR) is 103 cm³/mol. The van der Waals surface area contributed by atoms with Crippen LogP contribution in [-0.2, 0) is 14.5 Å². The van der Waals surface area contributed by atoms with Gasteiger partial charge in [-0.3, -0.25) is 0 Å². The van der Waals surface area contributed by atoms with Crippen LogP contribution in [0.1, 0.15) is 44.9 Å². The first-order valence-corrected chi connectivity index (χ1v) is 18.2. The van der Waals surface area contributed by atoms with Crippen molar-refractivity contribution in [3.63, 3.8) is 0 Å². The zero-order valence-electron chi connectivity index (χ0n) is 13.2. The monoisotopic (exact) mass is 621 g/mol. The van der Waals surface area contributed by atoms with Crippen LogP contribution in [0, 0.1) is 5.92 Å². The Labute approximate surface area is 162 Å². The summed E-state index contributed by atoms with van der Waals surface area (Å²) in [4.78, 5) is 0. The molecule has 2 atom stereocenters. The van der Waals surface area contributed by atoms with Gasteiger partial charge in [0, 0.05) is 0 Å². The fourth-order valence-electron chi connectivity index (χ4n) is 3.50. The van der Waals surface area contributed by atoms with Crippen molar-refractivity contribution < 1.29 is 14.5 Å². The van der Waals surface area contributed by atoms with Gasteiger partial charge in [0.1, 0.15) is 0 Å². The van der Waals surface area contributed by atoms with E-state index in [0.717, 1.165) is 30.6 Å². The van der Waals surface area contributed by atoms with Crippen LogP contribution in [0.25, 0.3) is 10.6 Å². The van der Waals surface area contributed by atoms with E-state index in [0.29, 0.717) is 0 Å². The van der Waals surface area contributed by atoms with E-state index < -0.39 is 0 Å². The molecule has 2 nitrogen and oxygen atoms in total. The van der Waals surface area contributed by atoms with Crippen molar-refractivity contribution in [2.24, 2.45) is 5.92 Å². The van der Waals surface area contributed by atoms with Crippen LogP contribution in [0.5, 0.6) is 0 Å². The summed E-state index contributed by atoms with van der Waals surface area (Å²) in [6.45, 7) is 1.15.